The van der Waals surface area contributed by atoms with Crippen molar-refractivity contribution in [2.24, 2.45) is 0 Å². The van der Waals surface area contributed by atoms with E-state index in [9.17, 15) is 4.79 Å². The molecule has 5 heteroatoms. The van der Waals surface area contributed by atoms with E-state index in [0.717, 1.165) is 51.8 Å². The van der Waals surface area contributed by atoms with Gasteiger partial charge in [0.25, 0.3) is 5.91 Å². The van der Waals surface area contributed by atoms with E-state index in [1.165, 1.54) is 5.56 Å². The highest BCUT2D eigenvalue weighted by atomic mass is 79.9. The fraction of sp³-hybridized carbons (Fsp3) is 0.200. The van der Waals surface area contributed by atoms with Gasteiger partial charge in [0.05, 0.1) is 11.0 Å². The number of amides is 1. The van der Waals surface area contributed by atoms with Crippen LogP contribution in [0.2, 0.25) is 0 Å². The van der Waals surface area contributed by atoms with Crippen molar-refractivity contribution in [3.05, 3.63) is 99.8 Å². The van der Waals surface area contributed by atoms with Crippen LogP contribution >= 0.6 is 15.9 Å². The number of fused-ring (bicyclic) bond motifs is 1. The zero-order valence-corrected chi connectivity index (χ0v) is 18.5. The molecule has 0 bridgehead atoms. The maximum Gasteiger partial charge on any atom is 0.251 e. The molecule has 1 aromatic heterocycles. The molecule has 30 heavy (non-hydrogen) atoms. The van der Waals surface area contributed by atoms with E-state index in [-0.39, 0.29) is 5.91 Å². The summed E-state index contributed by atoms with van der Waals surface area (Å²) in [4.78, 5) is 17.3. The summed E-state index contributed by atoms with van der Waals surface area (Å²) in [5, 5.41) is 3.04. The van der Waals surface area contributed by atoms with Crippen molar-refractivity contribution < 1.29 is 4.79 Å². The topological polar surface area (TPSA) is 46.9 Å². The molecule has 0 atom stereocenters. The summed E-state index contributed by atoms with van der Waals surface area (Å²) in [6, 6.07) is 24.3. The first-order valence-electron chi connectivity index (χ1n) is 10.1. The zero-order valence-electron chi connectivity index (χ0n) is 16.9. The van der Waals surface area contributed by atoms with Gasteiger partial charge in [0.1, 0.15) is 5.82 Å². The third kappa shape index (κ3) is 4.62. The highest BCUT2D eigenvalue weighted by Crippen LogP contribution is 2.20. The largest absolute Gasteiger partial charge is 0.352 e. The van der Waals surface area contributed by atoms with Gasteiger partial charge in [-0.1, -0.05) is 58.4 Å². The van der Waals surface area contributed by atoms with Crippen LogP contribution in [0.5, 0.6) is 0 Å². The van der Waals surface area contributed by atoms with Crippen molar-refractivity contribution in [1.82, 2.24) is 14.9 Å². The first kappa shape index (κ1) is 20.4. The first-order valence-corrected chi connectivity index (χ1v) is 10.9. The molecule has 0 saturated carbocycles. The van der Waals surface area contributed by atoms with Gasteiger partial charge in [-0.3, -0.25) is 4.79 Å². The normalized spacial score (nSPS) is 11.0. The predicted molar refractivity (Wildman–Crippen MR) is 125 cm³/mol. The van der Waals surface area contributed by atoms with E-state index >= 15 is 0 Å². The van der Waals surface area contributed by atoms with Crippen LogP contribution in [0.4, 0.5) is 0 Å². The summed E-state index contributed by atoms with van der Waals surface area (Å²) in [5.74, 6) is 1.03. The fourth-order valence-electron chi connectivity index (χ4n) is 3.68. The van der Waals surface area contributed by atoms with Crippen molar-refractivity contribution in [2.45, 2.75) is 26.3 Å². The number of aryl methyl sites for hydroxylation is 2. The number of halogens is 1. The van der Waals surface area contributed by atoms with Crippen LogP contribution in [0, 0.1) is 6.92 Å². The molecule has 4 rings (SSSR count). The molecule has 0 aliphatic carbocycles. The van der Waals surface area contributed by atoms with E-state index in [0.29, 0.717) is 6.54 Å². The van der Waals surface area contributed by atoms with Gasteiger partial charge in [-0.15, -0.1) is 0 Å². The quantitative estimate of drug-likeness (QED) is 0.368. The summed E-state index contributed by atoms with van der Waals surface area (Å²) < 4.78 is 3.35. The number of carbonyl (C=O) groups is 1. The number of para-hydroxylation sites is 2. The maximum atomic E-state index is 12.4. The number of hydrogen-bond acceptors (Lipinski definition) is 2. The van der Waals surface area contributed by atoms with Gasteiger partial charge in [-0.25, -0.2) is 4.98 Å². The summed E-state index contributed by atoms with van der Waals surface area (Å²) >= 11 is 3.56. The van der Waals surface area contributed by atoms with Gasteiger partial charge in [0.15, 0.2) is 0 Å². The van der Waals surface area contributed by atoms with Crippen molar-refractivity contribution in [1.29, 1.82) is 0 Å². The third-order valence-electron chi connectivity index (χ3n) is 5.22. The Morgan fingerprint density at radius 1 is 1.03 bits per heavy atom. The molecule has 3 aromatic carbocycles. The van der Waals surface area contributed by atoms with Crippen molar-refractivity contribution in [3.8, 4) is 0 Å². The maximum absolute atomic E-state index is 12.4. The third-order valence-corrected chi connectivity index (χ3v) is 5.71. The highest BCUT2D eigenvalue weighted by Gasteiger charge is 2.12. The lowest BCUT2D eigenvalue weighted by molar-refractivity contribution is 0.0952. The SMILES string of the molecule is Cc1ccccc1C(=O)NCCCc1nc2ccccc2n1Cc1cccc(Br)c1. The lowest BCUT2D eigenvalue weighted by Gasteiger charge is -2.11. The molecule has 0 saturated heterocycles. The van der Waals surface area contributed by atoms with Crippen molar-refractivity contribution >= 4 is 32.9 Å². The minimum Gasteiger partial charge on any atom is -0.352 e. The van der Waals surface area contributed by atoms with Crippen LogP contribution in [0.25, 0.3) is 11.0 Å². The van der Waals surface area contributed by atoms with Gasteiger partial charge in [-0.2, -0.15) is 0 Å². The molecule has 0 aliphatic rings. The number of aromatic nitrogens is 2. The predicted octanol–water partition coefficient (Wildman–Crippen LogP) is 5.52. The highest BCUT2D eigenvalue weighted by molar-refractivity contribution is 9.10. The van der Waals surface area contributed by atoms with E-state index < -0.39 is 0 Å². The van der Waals surface area contributed by atoms with E-state index in [4.69, 9.17) is 4.98 Å². The molecule has 4 aromatic rings. The van der Waals surface area contributed by atoms with Crippen LogP contribution in [-0.2, 0) is 13.0 Å². The molecule has 152 valence electrons. The Labute approximate surface area is 185 Å². The lowest BCUT2D eigenvalue weighted by Crippen LogP contribution is -2.25. The van der Waals surface area contributed by atoms with Crippen LogP contribution in [-0.4, -0.2) is 22.0 Å². The molecule has 4 nitrogen and oxygen atoms in total. The van der Waals surface area contributed by atoms with Crippen LogP contribution in [0.1, 0.15) is 33.7 Å². The van der Waals surface area contributed by atoms with E-state index in [1.54, 1.807) is 0 Å². The number of nitrogens with zero attached hydrogens (tertiary/aromatic N) is 2. The van der Waals surface area contributed by atoms with Crippen LogP contribution in [0.3, 0.4) is 0 Å². The standard InChI is InChI=1S/C25H24BrN3O/c1-18-8-2-3-11-21(18)25(30)27-15-7-14-24-28-22-12-4-5-13-23(22)29(24)17-19-9-6-10-20(26)16-19/h2-6,8-13,16H,7,14-15,17H2,1H3,(H,27,30). The van der Waals surface area contributed by atoms with Crippen LogP contribution < -0.4 is 5.32 Å². The Bertz CT molecular complexity index is 1180. The molecule has 0 radical (unpaired) electrons. The van der Waals surface area contributed by atoms with Crippen LogP contribution in [0.15, 0.2) is 77.3 Å². The Kier molecular flexibility index (Phi) is 6.29. The number of imidazole rings is 1. The second kappa shape index (κ2) is 9.26. The molecule has 0 spiro atoms. The Morgan fingerprint density at radius 3 is 2.67 bits per heavy atom. The number of rotatable bonds is 7. The number of nitrogens with one attached hydrogen (secondary N) is 1. The average Bonchev–Trinajstić information content (AvgIpc) is 3.09. The minimum absolute atomic E-state index is 0.0178. The number of carbonyl (C=O) groups excluding carboxylic acids is 1. The monoisotopic (exact) mass is 461 g/mol. The number of benzene rings is 3. The summed E-state index contributed by atoms with van der Waals surface area (Å²) in [6.45, 7) is 3.34. The molecule has 0 unspecified atom stereocenters. The van der Waals surface area contributed by atoms with Crippen molar-refractivity contribution in [2.75, 3.05) is 6.54 Å². The number of hydrogen-bond donors (Lipinski definition) is 1. The molecular weight excluding hydrogens is 438 g/mol. The smallest absolute Gasteiger partial charge is 0.251 e. The van der Waals surface area contributed by atoms with E-state index in [2.05, 4.69) is 56.1 Å². The molecule has 1 heterocycles. The van der Waals surface area contributed by atoms with Gasteiger partial charge in [0.2, 0.25) is 0 Å². The average molecular weight is 462 g/mol. The summed E-state index contributed by atoms with van der Waals surface area (Å²) in [5.41, 5.74) is 5.09. The molecule has 1 amide bonds. The van der Waals surface area contributed by atoms with Crippen molar-refractivity contribution in [3.63, 3.8) is 0 Å². The Balaban J connectivity index is 1.46. The van der Waals surface area contributed by atoms with E-state index in [1.807, 2.05) is 49.4 Å². The second-order valence-electron chi connectivity index (χ2n) is 7.41. The first-order chi connectivity index (χ1) is 14.6. The zero-order chi connectivity index (χ0) is 20.9. The lowest BCUT2D eigenvalue weighted by atomic mass is 10.1. The van der Waals surface area contributed by atoms with Gasteiger partial charge in [-0.05, 0) is 54.8 Å². The summed E-state index contributed by atoms with van der Waals surface area (Å²) in [6.07, 6.45) is 1.64. The van der Waals surface area contributed by atoms with Gasteiger partial charge in [0, 0.05) is 29.5 Å². The van der Waals surface area contributed by atoms with Gasteiger partial charge < -0.3 is 9.88 Å². The van der Waals surface area contributed by atoms with Gasteiger partial charge >= 0.3 is 0 Å². The fourth-order valence-corrected chi connectivity index (χ4v) is 4.13. The summed E-state index contributed by atoms with van der Waals surface area (Å²) in [7, 11) is 0. The second-order valence-corrected chi connectivity index (χ2v) is 8.32. The Hall–Kier alpha value is -2.92. The Morgan fingerprint density at radius 2 is 1.83 bits per heavy atom. The molecule has 0 aliphatic heterocycles. The molecule has 1 N–H and O–H groups in total. The minimum atomic E-state index is -0.0178. The molecular formula is C25H24BrN3O. The molecule has 0 fully saturated rings.